The maximum Gasteiger partial charge on any atom is 0.242 e. The Labute approximate surface area is 119 Å². The van der Waals surface area contributed by atoms with E-state index in [-0.39, 0.29) is 11.4 Å². The van der Waals surface area contributed by atoms with Crippen LogP contribution in [-0.4, -0.2) is 33.2 Å². The van der Waals surface area contributed by atoms with E-state index in [1.807, 2.05) is 0 Å². The molecule has 4 N–H and O–H groups in total. The van der Waals surface area contributed by atoms with Crippen molar-refractivity contribution in [3.05, 3.63) is 18.3 Å². The molecule has 0 aliphatic heterocycles. The van der Waals surface area contributed by atoms with Gasteiger partial charge in [-0.25, -0.2) is 24.0 Å². The molecule has 0 saturated carbocycles. The van der Waals surface area contributed by atoms with Crippen LogP contribution in [0.25, 0.3) is 0 Å². The van der Waals surface area contributed by atoms with Gasteiger partial charge in [-0.2, -0.15) is 0 Å². The van der Waals surface area contributed by atoms with Crippen molar-refractivity contribution in [2.24, 2.45) is 11.8 Å². The third-order valence-corrected chi connectivity index (χ3v) is 4.02. The zero-order valence-electron chi connectivity index (χ0n) is 11.8. The number of nitrogens with zero attached hydrogens (tertiary/aromatic N) is 1. The Bertz CT molecular complexity index is 488. The lowest BCUT2D eigenvalue weighted by Crippen LogP contribution is -2.27. The van der Waals surface area contributed by atoms with Crippen molar-refractivity contribution in [1.29, 1.82) is 0 Å². The molecule has 114 valence electrons. The minimum Gasteiger partial charge on any atom is -0.380 e. The summed E-state index contributed by atoms with van der Waals surface area (Å²) >= 11 is 0. The fraction of sp³-hybridized carbons (Fsp3) is 0.583. The van der Waals surface area contributed by atoms with Crippen molar-refractivity contribution in [1.82, 2.24) is 9.71 Å². The van der Waals surface area contributed by atoms with Gasteiger partial charge >= 0.3 is 0 Å². The number of sulfonamides is 1. The second kappa shape index (κ2) is 8.15. The third-order valence-electron chi connectivity index (χ3n) is 2.57. The lowest BCUT2D eigenvalue weighted by Gasteiger charge is -2.08. The van der Waals surface area contributed by atoms with Gasteiger partial charge in [0.15, 0.2) is 0 Å². The van der Waals surface area contributed by atoms with Crippen LogP contribution in [0.3, 0.4) is 0 Å². The number of ether oxygens (including phenoxy) is 1. The van der Waals surface area contributed by atoms with Crippen LogP contribution < -0.4 is 16.0 Å². The minimum absolute atomic E-state index is 0.0960. The normalized spacial score (nSPS) is 11.8. The van der Waals surface area contributed by atoms with Crippen LogP contribution in [0.2, 0.25) is 0 Å². The number of rotatable bonds is 9. The summed E-state index contributed by atoms with van der Waals surface area (Å²) in [5.41, 5.74) is 2.33. The molecule has 0 unspecified atom stereocenters. The summed E-state index contributed by atoms with van der Waals surface area (Å²) in [4.78, 5) is 3.95. The number of hydrogen-bond acceptors (Lipinski definition) is 6. The van der Waals surface area contributed by atoms with Gasteiger partial charge in [0.25, 0.3) is 0 Å². The average molecular weight is 302 g/mol. The number of anilines is 1. The highest BCUT2D eigenvalue weighted by molar-refractivity contribution is 7.89. The first-order chi connectivity index (χ1) is 9.45. The molecule has 0 radical (unpaired) electrons. The second-order valence-electron chi connectivity index (χ2n) is 4.72. The van der Waals surface area contributed by atoms with Crippen molar-refractivity contribution < 1.29 is 13.2 Å². The molecule has 0 spiro atoms. The van der Waals surface area contributed by atoms with E-state index >= 15 is 0 Å². The summed E-state index contributed by atoms with van der Waals surface area (Å²) in [5, 5.41) is 0. The molecule has 0 aliphatic carbocycles. The maximum atomic E-state index is 11.9. The Morgan fingerprint density at radius 1 is 1.35 bits per heavy atom. The van der Waals surface area contributed by atoms with Crippen LogP contribution in [0.4, 0.5) is 5.82 Å². The van der Waals surface area contributed by atoms with Gasteiger partial charge in [-0.15, -0.1) is 0 Å². The molecule has 0 amide bonds. The third kappa shape index (κ3) is 5.83. The van der Waals surface area contributed by atoms with E-state index in [9.17, 15) is 8.42 Å². The summed E-state index contributed by atoms with van der Waals surface area (Å²) in [5.74, 6) is 6.14. The first kappa shape index (κ1) is 16.8. The smallest absolute Gasteiger partial charge is 0.242 e. The number of aromatic nitrogens is 1. The molecule has 0 aliphatic rings. The molecule has 1 heterocycles. The van der Waals surface area contributed by atoms with Gasteiger partial charge in [-0.1, -0.05) is 13.8 Å². The molecule has 0 aromatic carbocycles. The molecule has 0 saturated heterocycles. The van der Waals surface area contributed by atoms with Gasteiger partial charge in [-0.05, 0) is 24.5 Å². The summed E-state index contributed by atoms with van der Waals surface area (Å²) < 4.78 is 31.6. The van der Waals surface area contributed by atoms with Crippen molar-refractivity contribution in [2.45, 2.75) is 25.2 Å². The molecule has 20 heavy (non-hydrogen) atoms. The van der Waals surface area contributed by atoms with Crippen LogP contribution in [0.5, 0.6) is 0 Å². The van der Waals surface area contributed by atoms with Gasteiger partial charge in [-0.3, -0.25) is 0 Å². The fourth-order valence-electron chi connectivity index (χ4n) is 1.38. The highest BCUT2D eigenvalue weighted by atomic mass is 32.2. The van der Waals surface area contributed by atoms with Crippen LogP contribution in [-0.2, 0) is 14.8 Å². The largest absolute Gasteiger partial charge is 0.380 e. The molecule has 0 atom stereocenters. The van der Waals surface area contributed by atoms with E-state index in [2.05, 4.69) is 29.0 Å². The van der Waals surface area contributed by atoms with E-state index in [1.54, 1.807) is 0 Å². The van der Waals surface area contributed by atoms with Crippen LogP contribution >= 0.6 is 0 Å². The Kier molecular flexibility index (Phi) is 6.86. The highest BCUT2D eigenvalue weighted by Gasteiger charge is 2.13. The maximum absolute atomic E-state index is 11.9. The molecule has 1 aromatic rings. The first-order valence-corrected chi connectivity index (χ1v) is 7.94. The molecular formula is C12H22N4O3S. The van der Waals surface area contributed by atoms with Crippen molar-refractivity contribution in [3.63, 3.8) is 0 Å². The molecule has 7 nitrogen and oxygen atoms in total. The Morgan fingerprint density at radius 2 is 2.10 bits per heavy atom. The average Bonchev–Trinajstić information content (AvgIpc) is 2.42. The zero-order valence-corrected chi connectivity index (χ0v) is 12.6. The summed E-state index contributed by atoms with van der Waals surface area (Å²) in [6.45, 7) is 5.44. The number of nitrogen functional groups attached to an aromatic ring is 1. The second-order valence-corrected chi connectivity index (χ2v) is 6.48. The molecule has 8 heteroatoms. The minimum atomic E-state index is -3.55. The molecular weight excluding hydrogens is 280 g/mol. The Balaban J connectivity index is 2.37. The standard InChI is InChI=1S/C12H22N4O3S/c1-10(2)5-7-19-8-6-15-20(17,18)11-3-4-12(16-13)14-9-11/h3-4,9-10,15H,5-8,13H2,1-2H3,(H,14,16). The van der Waals surface area contributed by atoms with Gasteiger partial charge in [0.05, 0.1) is 6.61 Å². The van der Waals surface area contributed by atoms with E-state index in [0.717, 1.165) is 6.42 Å². The van der Waals surface area contributed by atoms with Crippen LogP contribution in [0, 0.1) is 5.92 Å². The Hall–Kier alpha value is -1.22. The molecule has 1 rings (SSSR count). The molecule has 0 fully saturated rings. The number of nitrogens with two attached hydrogens (primary N) is 1. The zero-order chi connectivity index (χ0) is 15.0. The van der Waals surface area contributed by atoms with E-state index in [1.165, 1.54) is 18.3 Å². The van der Waals surface area contributed by atoms with Gasteiger partial charge in [0.2, 0.25) is 10.0 Å². The number of hydrazine groups is 1. The predicted octanol–water partition coefficient (Wildman–Crippen LogP) is 0.708. The fourth-order valence-corrected chi connectivity index (χ4v) is 2.33. The van der Waals surface area contributed by atoms with Gasteiger partial charge < -0.3 is 10.2 Å². The van der Waals surface area contributed by atoms with Crippen LogP contribution in [0.15, 0.2) is 23.2 Å². The lowest BCUT2D eigenvalue weighted by atomic mass is 10.1. The van der Waals surface area contributed by atoms with E-state index < -0.39 is 10.0 Å². The first-order valence-electron chi connectivity index (χ1n) is 6.46. The SMILES string of the molecule is CC(C)CCOCCNS(=O)(=O)c1ccc(NN)nc1. The highest BCUT2D eigenvalue weighted by Crippen LogP contribution is 2.09. The van der Waals surface area contributed by atoms with Gasteiger partial charge in [0, 0.05) is 19.3 Å². The van der Waals surface area contributed by atoms with Crippen molar-refractivity contribution in [2.75, 3.05) is 25.2 Å². The molecule has 0 bridgehead atoms. The summed E-state index contributed by atoms with van der Waals surface area (Å²) in [6.07, 6.45) is 2.21. The summed E-state index contributed by atoms with van der Waals surface area (Å²) in [6, 6.07) is 2.93. The predicted molar refractivity (Wildman–Crippen MR) is 77.5 cm³/mol. The number of hydrogen-bond donors (Lipinski definition) is 3. The van der Waals surface area contributed by atoms with Crippen molar-refractivity contribution in [3.8, 4) is 0 Å². The van der Waals surface area contributed by atoms with Crippen LogP contribution in [0.1, 0.15) is 20.3 Å². The topological polar surface area (TPSA) is 106 Å². The van der Waals surface area contributed by atoms with E-state index in [4.69, 9.17) is 10.6 Å². The lowest BCUT2D eigenvalue weighted by molar-refractivity contribution is 0.128. The van der Waals surface area contributed by atoms with Gasteiger partial charge in [0.1, 0.15) is 10.7 Å². The summed E-state index contributed by atoms with van der Waals surface area (Å²) in [7, 11) is -3.55. The quantitative estimate of drug-likeness (QED) is 0.352. The number of pyridine rings is 1. The number of nitrogens with one attached hydrogen (secondary N) is 2. The monoisotopic (exact) mass is 302 g/mol. The molecule has 1 aromatic heterocycles. The van der Waals surface area contributed by atoms with Crippen molar-refractivity contribution >= 4 is 15.8 Å². The van der Waals surface area contributed by atoms with E-state index in [0.29, 0.717) is 24.9 Å². The Morgan fingerprint density at radius 3 is 2.65 bits per heavy atom.